The summed E-state index contributed by atoms with van der Waals surface area (Å²) in [6, 6.07) is 0. The van der Waals surface area contributed by atoms with Crippen LogP contribution in [0.3, 0.4) is 0 Å². The molecular weight excluding hydrogens is 322 g/mol. The van der Waals surface area contributed by atoms with Crippen LogP contribution in [0, 0.1) is 0 Å². The number of ether oxygens (including phenoxy) is 2. The van der Waals surface area contributed by atoms with Gasteiger partial charge in [0.2, 0.25) is 0 Å². The van der Waals surface area contributed by atoms with Crippen LogP contribution in [0.2, 0.25) is 0 Å². The van der Waals surface area contributed by atoms with Gasteiger partial charge in [0.25, 0.3) is 0 Å². The van der Waals surface area contributed by atoms with Crippen molar-refractivity contribution < 1.29 is 37.2 Å². The molecule has 0 fully saturated rings. The molecule has 0 rings (SSSR count). The van der Waals surface area contributed by atoms with E-state index in [2.05, 4.69) is 0 Å². The largest absolute Gasteiger partial charge is 0.460 e. The van der Waals surface area contributed by atoms with E-state index in [0.29, 0.717) is 0 Å². The van der Waals surface area contributed by atoms with Crippen molar-refractivity contribution in [3.05, 3.63) is 0 Å². The van der Waals surface area contributed by atoms with Crippen molar-refractivity contribution in [3.8, 4) is 0 Å². The molecule has 10 heteroatoms. The molecule has 21 heavy (non-hydrogen) atoms. The molecule has 0 amide bonds. The number of carbonyl (C=O) groups excluding carboxylic acids is 2. The highest BCUT2D eigenvalue weighted by Crippen LogP contribution is 2.49. The summed E-state index contributed by atoms with van der Waals surface area (Å²) in [5.74, 6) is 0. The summed E-state index contributed by atoms with van der Waals surface area (Å²) < 4.78 is 42.4. The highest BCUT2D eigenvalue weighted by molar-refractivity contribution is 7.78. The summed E-state index contributed by atoms with van der Waals surface area (Å²) in [7, 11) is -6.84. The molecule has 0 aliphatic heterocycles. The van der Waals surface area contributed by atoms with Crippen molar-refractivity contribution in [1.82, 2.24) is 0 Å². The molecule has 0 aromatic carbocycles. The molecular formula is C11H22O8P2. The van der Waals surface area contributed by atoms with Crippen molar-refractivity contribution >= 4 is 26.2 Å². The number of rotatable bonds is 10. The van der Waals surface area contributed by atoms with Crippen molar-refractivity contribution in [2.75, 3.05) is 39.8 Å². The van der Waals surface area contributed by atoms with Gasteiger partial charge >= 0.3 is 19.0 Å². The van der Waals surface area contributed by atoms with Gasteiger partial charge in [-0.3, -0.25) is 0 Å². The van der Waals surface area contributed by atoms with Gasteiger partial charge in [0.1, 0.15) is 0 Å². The Morgan fingerprint density at radius 3 is 1.67 bits per heavy atom. The normalized spacial score (nSPS) is 12.0. The number of carbonyl (C=O) groups is 2. The van der Waals surface area contributed by atoms with Crippen molar-refractivity contribution in [3.63, 3.8) is 0 Å². The van der Waals surface area contributed by atoms with Crippen LogP contribution in [0.15, 0.2) is 0 Å². The zero-order valence-electron chi connectivity index (χ0n) is 12.7. The minimum atomic E-state index is -3.92. The molecule has 0 saturated carbocycles. The van der Waals surface area contributed by atoms with Gasteiger partial charge in [-0.1, -0.05) is 0 Å². The van der Waals surface area contributed by atoms with Crippen LogP contribution in [0.4, 0.5) is 9.59 Å². The Kier molecular flexibility index (Phi) is 9.06. The van der Waals surface area contributed by atoms with Crippen LogP contribution < -0.4 is 0 Å². The zero-order chi connectivity index (χ0) is 16.5. The molecule has 0 radical (unpaired) electrons. The maximum Gasteiger partial charge on any atom is 0.438 e. The molecule has 0 atom stereocenters. The third kappa shape index (κ3) is 7.77. The van der Waals surface area contributed by atoms with E-state index in [-0.39, 0.29) is 32.8 Å². The second kappa shape index (κ2) is 9.36. The van der Waals surface area contributed by atoms with Gasteiger partial charge in [-0.05, 0) is 27.2 Å². The minimum absolute atomic E-state index is 0.0479. The van der Waals surface area contributed by atoms with E-state index in [1.165, 1.54) is 13.3 Å². The number of hydrogen-bond donors (Lipinski definition) is 0. The molecule has 0 aliphatic rings. The fourth-order valence-corrected chi connectivity index (χ4v) is 2.71. The Balaban J connectivity index is 4.12. The summed E-state index contributed by atoms with van der Waals surface area (Å²) >= 11 is 0. The smallest absolute Gasteiger partial charge is 0.438 e. The monoisotopic (exact) mass is 344 g/mol. The van der Waals surface area contributed by atoms with E-state index in [1.807, 2.05) is 0 Å². The molecule has 0 saturated heterocycles. The van der Waals surface area contributed by atoms with Gasteiger partial charge < -0.3 is 23.1 Å². The fourth-order valence-electron chi connectivity index (χ4n) is 1.09. The summed E-state index contributed by atoms with van der Waals surface area (Å²) in [5.41, 5.74) is -1.85. The van der Waals surface area contributed by atoms with Gasteiger partial charge in [-0.25, -0.2) is 14.2 Å². The van der Waals surface area contributed by atoms with Gasteiger partial charge in [0.05, 0.1) is 26.4 Å². The summed E-state index contributed by atoms with van der Waals surface area (Å²) in [6.45, 7) is 5.68. The number of hydrogen-bond acceptors (Lipinski definition) is 8. The Morgan fingerprint density at radius 2 is 1.29 bits per heavy atom. The lowest BCUT2D eigenvalue weighted by Crippen LogP contribution is -2.12. The van der Waals surface area contributed by atoms with E-state index < -0.39 is 26.2 Å². The molecule has 0 spiro atoms. The summed E-state index contributed by atoms with van der Waals surface area (Å²) in [5, 5.41) is 0. The zero-order valence-corrected chi connectivity index (χ0v) is 14.5. The van der Waals surface area contributed by atoms with Crippen LogP contribution in [-0.2, 0) is 27.7 Å². The average molecular weight is 344 g/mol. The molecule has 0 aromatic rings. The maximum absolute atomic E-state index is 12.0. The van der Waals surface area contributed by atoms with Gasteiger partial charge in [-0.2, -0.15) is 0 Å². The van der Waals surface area contributed by atoms with E-state index in [0.717, 1.165) is 0 Å². The highest BCUT2D eigenvalue weighted by atomic mass is 31.2. The van der Waals surface area contributed by atoms with Crippen LogP contribution in [0.1, 0.15) is 20.3 Å². The second-order valence-electron chi connectivity index (χ2n) is 4.27. The predicted octanol–water partition coefficient (Wildman–Crippen LogP) is 3.54. The fraction of sp³-hybridized carbons (Fsp3) is 0.818. The standard InChI is InChI=1S/C11H22O8P2/c1-5-18-21(15,19-6-2)11(13)17-9-7-8-16-10(12)20(3,4)14/h5-9H2,1-4H3. The third-order valence-corrected chi connectivity index (χ3v) is 4.78. The quantitative estimate of drug-likeness (QED) is 0.438. The summed E-state index contributed by atoms with van der Waals surface area (Å²) in [6.07, 6.45) is 0.190. The second-order valence-corrected chi connectivity index (χ2v) is 9.21. The van der Waals surface area contributed by atoms with Crippen LogP contribution in [0.5, 0.6) is 0 Å². The molecule has 0 N–H and O–H groups in total. The SMILES string of the molecule is CCOP(=O)(OCC)C(=O)OCCCOC(=O)P(C)(C)=O. The van der Waals surface area contributed by atoms with Crippen LogP contribution in [-0.4, -0.2) is 51.2 Å². The van der Waals surface area contributed by atoms with Crippen LogP contribution >= 0.6 is 14.7 Å². The van der Waals surface area contributed by atoms with Crippen molar-refractivity contribution in [1.29, 1.82) is 0 Å². The van der Waals surface area contributed by atoms with E-state index in [4.69, 9.17) is 18.5 Å². The molecule has 0 heterocycles. The highest BCUT2D eigenvalue weighted by Gasteiger charge is 2.36. The first-order valence-electron chi connectivity index (χ1n) is 6.46. The van der Waals surface area contributed by atoms with E-state index in [9.17, 15) is 18.7 Å². The van der Waals surface area contributed by atoms with Gasteiger partial charge in [-0.15, -0.1) is 0 Å². The first-order chi connectivity index (χ1) is 9.67. The van der Waals surface area contributed by atoms with E-state index >= 15 is 0 Å². The first kappa shape index (κ1) is 20.3. The summed E-state index contributed by atoms with van der Waals surface area (Å²) in [4.78, 5) is 22.8. The molecule has 124 valence electrons. The lowest BCUT2D eigenvalue weighted by Gasteiger charge is -2.15. The van der Waals surface area contributed by atoms with Crippen LogP contribution in [0.25, 0.3) is 0 Å². The Bertz CT molecular complexity index is 432. The molecule has 0 aromatic heterocycles. The van der Waals surface area contributed by atoms with Crippen molar-refractivity contribution in [2.45, 2.75) is 20.3 Å². The van der Waals surface area contributed by atoms with E-state index in [1.54, 1.807) is 13.8 Å². The molecule has 0 bridgehead atoms. The molecule has 0 aliphatic carbocycles. The molecule has 0 unspecified atom stereocenters. The average Bonchev–Trinajstić information content (AvgIpc) is 2.37. The first-order valence-corrected chi connectivity index (χ1v) is 10.6. The van der Waals surface area contributed by atoms with Gasteiger partial charge in [0, 0.05) is 6.42 Å². The van der Waals surface area contributed by atoms with Crippen molar-refractivity contribution in [2.24, 2.45) is 0 Å². The lowest BCUT2D eigenvalue weighted by molar-refractivity contribution is 0.131. The van der Waals surface area contributed by atoms with Gasteiger partial charge in [0.15, 0.2) is 7.14 Å². The third-order valence-electron chi connectivity index (χ3n) is 2.00. The Labute approximate surface area is 124 Å². The minimum Gasteiger partial charge on any atom is -0.460 e. The topological polar surface area (TPSA) is 105 Å². The Morgan fingerprint density at radius 1 is 0.857 bits per heavy atom. The lowest BCUT2D eigenvalue weighted by atomic mass is 10.5. The Hall–Kier alpha value is -0.680. The molecule has 8 nitrogen and oxygen atoms in total. The predicted molar refractivity (Wildman–Crippen MR) is 77.6 cm³/mol. The maximum atomic E-state index is 12.0.